The first-order valence-electron chi connectivity index (χ1n) is 8.19. The van der Waals surface area contributed by atoms with E-state index < -0.39 is 11.9 Å². The number of fused-ring (bicyclic) bond motifs is 1. The van der Waals surface area contributed by atoms with Crippen LogP contribution in [0.15, 0.2) is 6.20 Å². The van der Waals surface area contributed by atoms with Gasteiger partial charge in [-0.1, -0.05) is 25.4 Å². The summed E-state index contributed by atoms with van der Waals surface area (Å²) in [7, 11) is 0. The minimum absolute atomic E-state index is 0.112. The third-order valence-corrected chi connectivity index (χ3v) is 4.00. The molecule has 136 valence electrons. The summed E-state index contributed by atoms with van der Waals surface area (Å²) in [5, 5.41) is 5.10. The van der Waals surface area contributed by atoms with Crippen LogP contribution in [0.3, 0.4) is 0 Å². The van der Waals surface area contributed by atoms with E-state index >= 15 is 0 Å². The standard InChI is InChI=1S/C17H22ClN3O4/c1-5-24-17(23)14-13(9-25-11(4)22)20-16-12(15(14)18)8-19-21(16)7-6-10(2)3/h8,10H,5-7,9H2,1-4H3. The minimum Gasteiger partial charge on any atom is -0.462 e. The Balaban J connectivity index is 2.53. The molecule has 2 heterocycles. The Kier molecular flexibility index (Phi) is 6.36. The number of aromatic nitrogens is 3. The molecular weight excluding hydrogens is 346 g/mol. The number of nitrogens with zero attached hydrogens (tertiary/aromatic N) is 3. The van der Waals surface area contributed by atoms with Gasteiger partial charge in [0, 0.05) is 13.5 Å². The molecule has 0 bridgehead atoms. The molecule has 0 N–H and O–H groups in total. The second kappa shape index (κ2) is 8.29. The van der Waals surface area contributed by atoms with Gasteiger partial charge in [-0.3, -0.25) is 4.79 Å². The van der Waals surface area contributed by atoms with Crippen LogP contribution < -0.4 is 0 Å². The van der Waals surface area contributed by atoms with Gasteiger partial charge >= 0.3 is 11.9 Å². The zero-order chi connectivity index (χ0) is 18.6. The number of esters is 2. The van der Waals surface area contributed by atoms with Crippen LogP contribution in [0, 0.1) is 5.92 Å². The van der Waals surface area contributed by atoms with Crippen molar-refractivity contribution in [3.8, 4) is 0 Å². The highest BCUT2D eigenvalue weighted by atomic mass is 35.5. The Bertz CT molecular complexity index is 786. The summed E-state index contributed by atoms with van der Waals surface area (Å²) in [4.78, 5) is 27.9. The Morgan fingerprint density at radius 3 is 2.64 bits per heavy atom. The molecule has 0 atom stereocenters. The average Bonchev–Trinajstić information content (AvgIpc) is 2.94. The van der Waals surface area contributed by atoms with Gasteiger partial charge in [-0.2, -0.15) is 5.10 Å². The molecule has 2 aromatic heterocycles. The van der Waals surface area contributed by atoms with E-state index in [0.717, 1.165) is 6.42 Å². The van der Waals surface area contributed by atoms with E-state index in [4.69, 9.17) is 21.1 Å². The van der Waals surface area contributed by atoms with Gasteiger partial charge in [0.15, 0.2) is 5.65 Å². The summed E-state index contributed by atoms with van der Waals surface area (Å²) in [6.45, 7) is 7.96. The molecule has 0 amide bonds. The predicted octanol–water partition coefficient (Wildman–Crippen LogP) is 3.37. The molecule has 0 aromatic carbocycles. The van der Waals surface area contributed by atoms with Crippen LogP contribution >= 0.6 is 11.6 Å². The fourth-order valence-corrected chi connectivity index (χ4v) is 2.65. The number of carbonyl (C=O) groups is 2. The van der Waals surface area contributed by atoms with Crippen LogP contribution in [0.4, 0.5) is 0 Å². The number of halogens is 1. The van der Waals surface area contributed by atoms with Crippen LogP contribution in [0.5, 0.6) is 0 Å². The molecule has 2 aromatic rings. The summed E-state index contributed by atoms with van der Waals surface area (Å²) >= 11 is 6.43. The fourth-order valence-electron chi connectivity index (χ4n) is 2.33. The van der Waals surface area contributed by atoms with Crippen molar-refractivity contribution in [3.63, 3.8) is 0 Å². The summed E-state index contributed by atoms with van der Waals surface area (Å²) in [6.07, 6.45) is 2.51. The van der Waals surface area contributed by atoms with Gasteiger partial charge in [-0.25, -0.2) is 14.5 Å². The number of rotatable bonds is 7. The summed E-state index contributed by atoms with van der Waals surface area (Å²) in [5.74, 6) is -0.561. The lowest BCUT2D eigenvalue weighted by Crippen LogP contribution is -2.14. The molecule has 0 unspecified atom stereocenters. The Morgan fingerprint density at radius 2 is 2.04 bits per heavy atom. The monoisotopic (exact) mass is 367 g/mol. The lowest BCUT2D eigenvalue weighted by atomic mass is 10.1. The highest BCUT2D eigenvalue weighted by Crippen LogP contribution is 2.29. The zero-order valence-corrected chi connectivity index (χ0v) is 15.6. The molecule has 0 aliphatic heterocycles. The first-order valence-corrected chi connectivity index (χ1v) is 8.57. The van der Waals surface area contributed by atoms with Crippen LogP contribution in [0.25, 0.3) is 11.0 Å². The van der Waals surface area contributed by atoms with Crippen LogP contribution in [0.2, 0.25) is 5.02 Å². The van der Waals surface area contributed by atoms with Crippen molar-refractivity contribution in [3.05, 3.63) is 22.5 Å². The van der Waals surface area contributed by atoms with Gasteiger partial charge < -0.3 is 9.47 Å². The molecule has 0 radical (unpaired) electrons. The van der Waals surface area contributed by atoms with Gasteiger partial charge in [-0.05, 0) is 19.3 Å². The highest BCUT2D eigenvalue weighted by molar-refractivity contribution is 6.38. The summed E-state index contributed by atoms with van der Waals surface area (Å²) < 4.78 is 11.8. The molecule has 0 aliphatic rings. The number of carbonyl (C=O) groups excluding carboxylic acids is 2. The number of hydrogen-bond donors (Lipinski definition) is 0. The molecule has 2 rings (SSSR count). The van der Waals surface area contributed by atoms with Gasteiger partial charge in [0.2, 0.25) is 0 Å². The largest absolute Gasteiger partial charge is 0.462 e. The van der Waals surface area contributed by atoms with Crippen molar-refractivity contribution in [1.29, 1.82) is 0 Å². The molecule has 0 fully saturated rings. The quantitative estimate of drug-likeness (QED) is 0.697. The van der Waals surface area contributed by atoms with Crippen molar-refractivity contribution < 1.29 is 19.1 Å². The van der Waals surface area contributed by atoms with E-state index in [0.29, 0.717) is 23.5 Å². The average molecular weight is 368 g/mol. The molecule has 0 aliphatic carbocycles. The molecule has 0 spiro atoms. The maximum Gasteiger partial charge on any atom is 0.341 e. The third kappa shape index (κ3) is 4.48. The molecule has 0 saturated carbocycles. The Hall–Kier alpha value is -2.15. The van der Waals surface area contributed by atoms with Crippen LogP contribution in [-0.4, -0.2) is 33.3 Å². The Morgan fingerprint density at radius 1 is 1.32 bits per heavy atom. The minimum atomic E-state index is -0.598. The van der Waals surface area contributed by atoms with Gasteiger partial charge in [-0.15, -0.1) is 0 Å². The molecule has 7 nitrogen and oxygen atoms in total. The maximum absolute atomic E-state index is 12.3. The first-order chi connectivity index (χ1) is 11.8. The summed E-state index contributed by atoms with van der Waals surface area (Å²) in [6, 6.07) is 0. The maximum atomic E-state index is 12.3. The number of hydrogen-bond acceptors (Lipinski definition) is 6. The summed E-state index contributed by atoms with van der Waals surface area (Å²) in [5.41, 5.74) is 0.930. The lowest BCUT2D eigenvalue weighted by Gasteiger charge is -2.12. The number of pyridine rings is 1. The van der Waals surface area contributed by atoms with Crippen LogP contribution in [0.1, 0.15) is 50.2 Å². The van der Waals surface area contributed by atoms with Crippen LogP contribution in [-0.2, 0) is 27.4 Å². The normalized spacial score (nSPS) is 11.1. The molecule has 25 heavy (non-hydrogen) atoms. The lowest BCUT2D eigenvalue weighted by molar-refractivity contribution is -0.142. The van der Waals surface area contributed by atoms with E-state index in [-0.39, 0.29) is 29.5 Å². The van der Waals surface area contributed by atoms with E-state index in [1.807, 2.05) is 0 Å². The van der Waals surface area contributed by atoms with Gasteiger partial charge in [0.25, 0.3) is 0 Å². The highest BCUT2D eigenvalue weighted by Gasteiger charge is 2.24. The van der Waals surface area contributed by atoms with Crippen molar-refractivity contribution in [2.24, 2.45) is 5.92 Å². The third-order valence-electron chi connectivity index (χ3n) is 3.61. The van der Waals surface area contributed by atoms with E-state index in [1.165, 1.54) is 6.92 Å². The van der Waals surface area contributed by atoms with E-state index in [2.05, 4.69) is 23.9 Å². The fraction of sp³-hybridized carbons (Fsp3) is 0.529. The second-order valence-electron chi connectivity index (χ2n) is 6.04. The molecule has 0 saturated heterocycles. The first kappa shape index (κ1) is 19.2. The van der Waals surface area contributed by atoms with Crippen molar-refractivity contribution >= 4 is 34.6 Å². The van der Waals surface area contributed by atoms with Gasteiger partial charge in [0.1, 0.15) is 12.2 Å². The predicted molar refractivity (Wildman–Crippen MR) is 93.4 cm³/mol. The Labute approximate surface area is 151 Å². The molecule has 8 heteroatoms. The van der Waals surface area contributed by atoms with Gasteiger partial charge in [0.05, 0.1) is 28.9 Å². The van der Waals surface area contributed by atoms with Crippen molar-refractivity contribution in [2.45, 2.75) is 47.3 Å². The topological polar surface area (TPSA) is 83.3 Å². The number of ether oxygens (including phenoxy) is 2. The SMILES string of the molecule is CCOC(=O)c1c(COC(C)=O)nc2c(cnn2CCC(C)C)c1Cl. The number of aryl methyl sites for hydroxylation is 1. The molecular formula is C17H22ClN3O4. The second-order valence-corrected chi connectivity index (χ2v) is 6.41. The smallest absolute Gasteiger partial charge is 0.341 e. The van der Waals surface area contributed by atoms with E-state index in [1.54, 1.807) is 17.8 Å². The zero-order valence-electron chi connectivity index (χ0n) is 14.8. The van der Waals surface area contributed by atoms with Crippen molar-refractivity contribution in [1.82, 2.24) is 14.8 Å². The van der Waals surface area contributed by atoms with Crippen molar-refractivity contribution in [2.75, 3.05) is 6.61 Å². The van der Waals surface area contributed by atoms with E-state index in [9.17, 15) is 9.59 Å².